The number of anilines is 1. The third-order valence-corrected chi connectivity index (χ3v) is 4.95. The Morgan fingerprint density at radius 2 is 1.95 bits per heavy atom. The normalized spacial score (nSPS) is 13.0. The van der Waals surface area contributed by atoms with E-state index in [-0.39, 0.29) is 19.1 Å². The molecule has 0 heterocycles. The Hall–Kier alpha value is -1.60. The van der Waals surface area contributed by atoms with Crippen LogP contribution >= 0.6 is 0 Å². The summed E-state index contributed by atoms with van der Waals surface area (Å²) < 4.78 is 23.7. The summed E-state index contributed by atoms with van der Waals surface area (Å²) >= 11 is 0. The highest BCUT2D eigenvalue weighted by atomic mass is 32.2. The van der Waals surface area contributed by atoms with Crippen LogP contribution in [0.3, 0.4) is 0 Å². The second-order valence-electron chi connectivity index (χ2n) is 5.36. The molecular weight excluding hydrogens is 302 g/mol. The van der Waals surface area contributed by atoms with Gasteiger partial charge in [-0.25, -0.2) is 17.5 Å². The van der Waals surface area contributed by atoms with Crippen LogP contribution in [0.25, 0.3) is 0 Å². The number of sulfonamides is 1. The minimum absolute atomic E-state index is 0.235. The topological polar surface area (TPSA) is 78.5 Å². The zero-order valence-corrected chi connectivity index (χ0v) is 14.4. The molecule has 0 aliphatic carbocycles. The molecule has 1 aromatic carbocycles. The van der Waals surface area contributed by atoms with Crippen LogP contribution in [-0.2, 0) is 10.0 Å². The van der Waals surface area contributed by atoms with Gasteiger partial charge in [-0.15, -0.1) is 0 Å². The summed E-state index contributed by atoms with van der Waals surface area (Å²) in [6, 6.07) is 7.35. The van der Waals surface area contributed by atoms with E-state index in [4.69, 9.17) is 0 Å². The Morgan fingerprint density at radius 3 is 2.55 bits per heavy atom. The third-order valence-electron chi connectivity index (χ3n) is 3.63. The molecule has 0 bridgehead atoms. The minimum Gasteiger partial charge on any atom is -0.337 e. The van der Waals surface area contributed by atoms with Crippen molar-refractivity contribution in [1.29, 1.82) is 0 Å². The Balaban J connectivity index is 2.56. The molecule has 0 spiro atoms. The number of carbonyl (C=O) groups excluding carboxylic acids is 1. The lowest BCUT2D eigenvalue weighted by Gasteiger charge is -2.17. The first kappa shape index (κ1) is 18.4. The lowest BCUT2D eigenvalue weighted by atomic mass is 9.97. The molecule has 1 atom stereocenters. The van der Waals surface area contributed by atoms with Gasteiger partial charge in [-0.1, -0.05) is 32.0 Å². The fraction of sp³-hybridized carbons (Fsp3) is 0.533. The van der Waals surface area contributed by atoms with Gasteiger partial charge in [-0.05, 0) is 24.0 Å². The molecule has 2 amide bonds. The van der Waals surface area contributed by atoms with Gasteiger partial charge >= 0.3 is 6.03 Å². The van der Waals surface area contributed by atoms with Crippen molar-refractivity contribution < 1.29 is 13.2 Å². The SMILES string of the molecule is CC[C@H](C)c1ccccc1NC(=O)NCCN(C)S(C)(=O)=O. The van der Waals surface area contributed by atoms with Crippen molar-refractivity contribution in [1.82, 2.24) is 9.62 Å². The van der Waals surface area contributed by atoms with Crippen LogP contribution in [0.15, 0.2) is 24.3 Å². The molecule has 0 aliphatic rings. The molecular formula is C15H25N3O3S. The fourth-order valence-corrected chi connectivity index (χ4v) is 2.34. The molecule has 0 aliphatic heterocycles. The summed E-state index contributed by atoms with van der Waals surface area (Å²) in [5, 5.41) is 5.48. The van der Waals surface area contributed by atoms with E-state index in [1.165, 1.54) is 11.4 Å². The summed E-state index contributed by atoms with van der Waals surface area (Å²) in [5.74, 6) is 0.355. The third kappa shape index (κ3) is 5.65. The van der Waals surface area contributed by atoms with Crippen molar-refractivity contribution >= 4 is 21.7 Å². The monoisotopic (exact) mass is 327 g/mol. The van der Waals surface area contributed by atoms with Gasteiger partial charge in [0.25, 0.3) is 0 Å². The Morgan fingerprint density at radius 1 is 1.32 bits per heavy atom. The first-order chi connectivity index (χ1) is 10.3. The molecule has 22 heavy (non-hydrogen) atoms. The highest BCUT2D eigenvalue weighted by Crippen LogP contribution is 2.26. The quantitative estimate of drug-likeness (QED) is 0.806. The molecule has 0 aromatic heterocycles. The predicted octanol–water partition coefficient (Wildman–Crippen LogP) is 2.21. The van der Waals surface area contributed by atoms with E-state index in [0.717, 1.165) is 23.9 Å². The summed E-state index contributed by atoms with van der Waals surface area (Å²) in [7, 11) is -1.74. The van der Waals surface area contributed by atoms with Crippen LogP contribution in [-0.4, -0.2) is 45.1 Å². The highest BCUT2D eigenvalue weighted by Gasteiger charge is 2.12. The first-order valence-corrected chi connectivity index (χ1v) is 9.15. The van der Waals surface area contributed by atoms with Crippen LogP contribution in [0.4, 0.5) is 10.5 Å². The number of amides is 2. The van der Waals surface area contributed by atoms with Crippen LogP contribution < -0.4 is 10.6 Å². The number of nitrogens with zero attached hydrogens (tertiary/aromatic N) is 1. The zero-order valence-electron chi connectivity index (χ0n) is 13.6. The maximum Gasteiger partial charge on any atom is 0.319 e. The number of urea groups is 1. The summed E-state index contributed by atoms with van der Waals surface area (Å²) in [4.78, 5) is 11.9. The van der Waals surface area contributed by atoms with E-state index in [1.807, 2.05) is 24.3 Å². The lowest BCUT2D eigenvalue weighted by Crippen LogP contribution is -2.37. The number of hydrogen-bond acceptors (Lipinski definition) is 3. The standard InChI is InChI=1S/C15H25N3O3S/c1-5-12(2)13-8-6-7-9-14(13)17-15(19)16-10-11-18(3)22(4,20)21/h6-9,12H,5,10-11H2,1-4H3,(H2,16,17,19)/t12-/m0/s1. The lowest BCUT2D eigenvalue weighted by molar-refractivity contribution is 0.251. The van der Waals surface area contributed by atoms with Gasteiger partial charge in [0.05, 0.1) is 6.26 Å². The van der Waals surface area contributed by atoms with Crippen molar-refractivity contribution in [3.63, 3.8) is 0 Å². The van der Waals surface area contributed by atoms with Crippen molar-refractivity contribution in [3.05, 3.63) is 29.8 Å². The number of hydrogen-bond donors (Lipinski definition) is 2. The molecule has 0 saturated carbocycles. The van der Waals surface area contributed by atoms with Crippen molar-refractivity contribution in [2.45, 2.75) is 26.2 Å². The molecule has 0 radical (unpaired) electrons. The smallest absolute Gasteiger partial charge is 0.319 e. The largest absolute Gasteiger partial charge is 0.337 e. The average molecular weight is 327 g/mol. The van der Waals surface area contributed by atoms with E-state index in [0.29, 0.717) is 5.92 Å². The van der Waals surface area contributed by atoms with Crippen molar-refractivity contribution in [2.24, 2.45) is 0 Å². The zero-order chi connectivity index (χ0) is 16.8. The van der Waals surface area contributed by atoms with Crippen LogP contribution in [0.1, 0.15) is 31.7 Å². The van der Waals surface area contributed by atoms with E-state index in [9.17, 15) is 13.2 Å². The number of likely N-dealkylation sites (N-methyl/N-ethyl adjacent to an activating group) is 1. The fourth-order valence-electron chi connectivity index (χ4n) is 1.92. The minimum atomic E-state index is -3.22. The molecule has 124 valence electrons. The van der Waals surface area contributed by atoms with Crippen LogP contribution in [0.2, 0.25) is 0 Å². The van der Waals surface area contributed by atoms with Crippen molar-refractivity contribution in [2.75, 3.05) is 31.7 Å². The molecule has 7 heteroatoms. The molecule has 0 unspecified atom stereocenters. The summed E-state index contributed by atoms with van der Waals surface area (Å²) in [6.07, 6.45) is 2.12. The molecule has 0 fully saturated rings. The van der Waals surface area contributed by atoms with Crippen LogP contribution in [0.5, 0.6) is 0 Å². The Kier molecular flexibility index (Phi) is 6.83. The number of para-hydroxylation sites is 1. The van der Waals surface area contributed by atoms with Gasteiger partial charge in [-0.3, -0.25) is 0 Å². The number of nitrogens with one attached hydrogen (secondary N) is 2. The number of rotatable bonds is 7. The van der Waals surface area contributed by atoms with Gasteiger partial charge in [0.1, 0.15) is 0 Å². The van der Waals surface area contributed by atoms with E-state index in [2.05, 4.69) is 24.5 Å². The molecule has 1 aromatic rings. The molecule has 1 rings (SSSR count). The summed E-state index contributed by atoms with van der Waals surface area (Å²) in [6.45, 7) is 4.70. The molecule has 6 nitrogen and oxygen atoms in total. The number of benzene rings is 1. The number of carbonyl (C=O) groups is 1. The second-order valence-corrected chi connectivity index (χ2v) is 7.45. The van der Waals surface area contributed by atoms with Crippen molar-refractivity contribution in [3.8, 4) is 0 Å². The maximum atomic E-state index is 11.9. The Labute approximate surface area is 132 Å². The molecule has 2 N–H and O–H groups in total. The average Bonchev–Trinajstić information content (AvgIpc) is 2.46. The van der Waals surface area contributed by atoms with E-state index >= 15 is 0 Å². The van der Waals surface area contributed by atoms with Crippen LogP contribution in [0, 0.1) is 0 Å². The van der Waals surface area contributed by atoms with Gasteiger partial charge in [0.2, 0.25) is 10.0 Å². The summed E-state index contributed by atoms with van der Waals surface area (Å²) in [5.41, 5.74) is 1.87. The second kappa shape index (κ2) is 8.14. The van der Waals surface area contributed by atoms with Gasteiger partial charge in [0, 0.05) is 25.8 Å². The van der Waals surface area contributed by atoms with Gasteiger partial charge in [0.15, 0.2) is 0 Å². The van der Waals surface area contributed by atoms with Gasteiger partial charge in [-0.2, -0.15) is 0 Å². The Bertz CT molecular complexity index is 602. The highest BCUT2D eigenvalue weighted by molar-refractivity contribution is 7.88. The maximum absolute atomic E-state index is 11.9. The predicted molar refractivity (Wildman–Crippen MR) is 89.6 cm³/mol. The molecule has 0 saturated heterocycles. The van der Waals surface area contributed by atoms with E-state index in [1.54, 1.807) is 0 Å². The van der Waals surface area contributed by atoms with Gasteiger partial charge < -0.3 is 10.6 Å². The first-order valence-electron chi connectivity index (χ1n) is 7.30. The van der Waals surface area contributed by atoms with E-state index < -0.39 is 10.0 Å².